The summed E-state index contributed by atoms with van der Waals surface area (Å²) in [4.78, 5) is 9.14. The van der Waals surface area contributed by atoms with Crippen molar-refractivity contribution < 1.29 is 0 Å². The first kappa shape index (κ1) is 13.7. The molecule has 0 N–H and O–H groups in total. The SMILES string of the molecule is Cc1ncc(-c2cccc3ccccc23)c(C(C)(C)C)n1. The van der Waals surface area contributed by atoms with E-state index >= 15 is 0 Å². The smallest absolute Gasteiger partial charge is 0.125 e. The molecular formula is C19H20N2. The quantitative estimate of drug-likeness (QED) is 0.631. The molecule has 106 valence electrons. The van der Waals surface area contributed by atoms with Crippen LogP contribution >= 0.6 is 0 Å². The molecule has 0 fully saturated rings. The average molecular weight is 276 g/mol. The van der Waals surface area contributed by atoms with Gasteiger partial charge in [-0.15, -0.1) is 0 Å². The molecule has 1 heterocycles. The highest BCUT2D eigenvalue weighted by molar-refractivity contribution is 5.97. The van der Waals surface area contributed by atoms with Crippen molar-refractivity contribution in [1.82, 2.24) is 9.97 Å². The zero-order chi connectivity index (χ0) is 15.0. The predicted octanol–water partition coefficient (Wildman–Crippen LogP) is 4.90. The third kappa shape index (κ3) is 2.54. The van der Waals surface area contributed by atoms with Crippen LogP contribution in [0, 0.1) is 6.92 Å². The summed E-state index contributed by atoms with van der Waals surface area (Å²) in [6.07, 6.45) is 1.96. The first-order chi connectivity index (χ1) is 9.97. The third-order valence-corrected chi connectivity index (χ3v) is 3.70. The molecule has 0 unspecified atom stereocenters. The van der Waals surface area contributed by atoms with Gasteiger partial charge in [0.25, 0.3) is 0 Å². The molecule has 0 bridgehead atoms. The largest absolute Gasteiger partial charge is 0.241 e. The molecule has 1 aromatic heterocycles. The van der Waals surface area contributed by atoms with E-state index in [1.807, 2.05) is 13.1 Å². The fourth-order valence-corrected chi connectivity index (χ4v) is 2.70. The van der Waals surface area contributed by atoms with Crippen LogP contribution in [-0.4, -0.2) is 9.97 Å². The summed E-state index contributed by atoms with van der Waals surface area (Å²) in [5, 5.41) is 2.49. The van der Waals surface area contributed by atoms with Gasteiger partial charge in [-0.05, 0) is 23.3 Å². The monoisotopic (exact) mass is 276 g/mol. The Kier molecular flexibility index (Phi) is 3.25. The molecule has 0 saturated heterocycles. The maximum absolute atomic E-state index is 4.72. The van der Waals surface area contributed by atoms with E-state index in [-0.39, 0.29) is 5.41 Å². The fraction of sp³-hybridized carbons (Fsp3) is 0.263. The van der Waals surface area contributed by atoms with Crippen LogP contribution in [0.5, 0.6) is 0 Å². The van der Waals surface area contributed by atoms with Gasteiger partial charge in [0.05, 0.1) is 5.69 Å². The summed E-state index contributed by atoms with van der Waals surface area (Å²) in [5.74, 6) is 0.823. The van der Waals surface area contributed by atoms with Crippen LogP contribution in [0.3, 0.4) is 0 Å². The molecule has 2 nitrogen and oxygen atoms in total. The van der Waals surface area contributed by atoms with Gasteiger partial charge < -0.3 is 0 Å². The Bertz CT molecular complexity index is 793. The predicted molar refractivity (Wildman–Crippen MR) is 88.4 cm³/mol. The summed E-state index contributed by atoms with van der Waals surface area (Å²) in [6.45, 7) is 8.54. The Morgan fingerprint density at radius 3 is 2.33 bits per heavy atom. The molecule has 0 radical (unpaired) electrons. The standard InChI is InChI=1S/C19H20N2/c1-13-20-12-17(18(21-13)19(2,3)4)16-11-7-9-14-8-5-6-10-15(14)16/h5-12H,1-4H3. The third-order valence-electron chi connectivity index (χ3n) is 3.70. The van der Waals surface area contributed by atoms with E-state index in [2.05, 4.69) is 68.2 Å². The van der Waals surface area contributed by atoms with E-state index in [4.69, 9.17) is 4.98 Å². The number of rotatable bonds is 1. The lowest BCUT2D eigenvalue weighted by molar-refractivity contribution is 0.566. The van der Waals surface area contributed by atoms with Crippen LogP contribution < -0.4 is 0 Å². The molecular weight excluding hydrogens is 256 g/mol. The molecule has 2 heteroatoms. The van der Waals surface area contributed by atoms with Crippen LogP contribution in [0.2, 0.25) is 0 Å². The van der Waals surface area contributed by atoms with Crippen molar-refractivity contribution >= 4 is 10.8 Å². The van der Waals surface area contributed by atoms with Crippen molar-refractivity contribution in [2.24, 2.45) is 0 Å². The Morgan fingerprint density at radius 2 is 1.57 bits per heavy atom. The van der Waals surface area contributed by atoms with Crippen molar-refractivity contribution in [3.63, 3.8) is 0 Å². The van der Waals surface area contributed by atoms with E-state index < -0.39 is 0 Å². The molecule has 3 rings (SSSR count). The average Bonchev–Trinajstić information content (AvgIpc) is 2.46. The molecule has 3 aromatic rings. The first-order valence-corrected chi connectivity index (χ1v) is 7.29. The zero-order valence-electron chi connectivity index (χ0n) is 13.0. The lowest BCUT2D eigenvalue weighted by Gasteiger charge is -2.22. The molecule has 0 atom stereocenters. The number of aromatic nitrogens is 2. The van der Waals surface area contributed by atoms with E-state index in [0.717, 1.165) is 17.1 Å². The van der Waals surface area contributed by atoms with Crippen LogP contribution in [0.15, 0.2) is 48.7 Å². The highest BCUT2D eigenvalue weighted by Crippen LogP contribution is 2.34. The van der Waals surface area contributed by atoms with Crippen molar-refractivity contribution in [3.8, 4) is 11.1 Å². The van der Waals surface area contributed by atoms with Crippen LogP contribution in [0.25, 0.3) is 21.9 Å². The number of aryl methyl sites for hydroxylation is 1. The molecule has 21 heavy (non-hydrogen) atoms. The Hall–Kier alpha value is -2.22. The Labute approximate surface area is 125 Å². The second-order valence-electron chi connectivity index (χ2n) is 6.46. The molecule has 0 aliphatic heterocycles. The van der Waals surface area contributed by atoms with E-state index in [1.165, 1.54) is 16.3 Å². The highest BCUT2D eigenvalue weighted by atomic mass is 14.9. The lowest BCUT2D eigenvalue weighted by Crippen LogP contribution is -2.16. The van der Waals surface area contributed by atoms with E-state index in [1.54, 1.807) is 0 Å². The number of nitrogens with zero attached hydrogens (tertiary/aromatic N) is 2. The highest BCUT2D eigenvalue weighted by Gasteiger charge is 2.22. The summed E-state index contributed by atoms with van der Waals surface area (Å²) >= 11 is 0. The summed E-state index contributed by atoms with van der Waals surface area (Å²) < 4.78 is 0. The van der Waals surface area contributed by atoms with Gasteiger partial charge in [-0.25, -0.2) is 9.97 Å². The van der Waals surface area contributed by atoms with E-state index in [9.17, 15) is 0 Å². The summed E-state index contributed by atoms with van der Waals surface area (Å²) in [6, 6.07) is 14.9. The second kappa shape index (κ2) is 4.96. The van der Waals surface area contributed by atoms with Gasteiger partial charge in [0, 0.05) is 17.2 Å². The second-order valence-corrected chi connectivity index (χ2v) is 6.46. The van der Waals surface area contributed by atoms with Crippen LogP contribution in [0.4, 0.5) is 0 Å². The van der Waals surface area contributed by atoms with Gasteiger partial charge in [0.2, 0.25) is 0 Å². The Morgan fingerprint density at radius 1 is 0.857 bits per heavy atom. The van der Waals surface area contributed by atoms with Crippen molar-refractivity contribution in [3.05, 3.63) is 60.2 Å². The number of hydrogen-bond acceptors (Lipinski definition) is 2. The van der Waals surface area contributed by atoms with Gasteiger partial charge in [-0.3, -0.25) is 0 Å². The van der Waals surface area contributed by atoms with Gasteiger partial charge in [0.1, 0.15) is 5.82 Å². The normalized spacial score (nSPS) is 11.8. The van der Waals surface area contributed by atoms with Gasteiger partial charge >= 0.3 is 0 Å². The minimum absolute atomic E-state index is 0.0139. The maximum atomic E-state index is 4.72. The number of benzene rings is 2. The summed E-state index contributed by atoms with van der Waals surface area (Å²) in [7, 11) is 0. The molecule has 0 saturated carbocycles. The number of hydrogen-bond donors (Lipinski definition) is 0. The van der Waals surface area contributed by atoms with Crippen LogP contribution in [-0.2, 0) is 5.41 Å². The van der Waals surface area contributed by atoms with Crippen molar-refractivity contribution in [1.29, 1.82) is 0 Å². The van der Waals surface area contributed by atoms with Crippen molar-refractivity contribution in [2.75, 3.05) is 0 Å². The molecule has 0 amide bonds. The summed E-state index contributed by atoms with van der Waals surface area (Å²) in [5.41, 5.74) is 3.43. The molecule has 0 aliphatic rings. The molecule has 0 spiro atoms. The lowest BCUT2D eigenvalue weighted by atomic mass is 9.85. The fourth-order valence-electron chi connectivity index (χ4n) is 2.70. The van der Waals surface area contributed by atoms with Crippen molar-refractivity contribution in [2.45, 2.75) is 33.1 Å². The van der Waals surface area contributed by atoms with Gasteiger partial charge in [0.15, 0.2) is 0 Å². The number of fused-ring (bicyclic) bond motifs is 1. The molecule has 2 aromatic carbocycles. The van der Waals surface area contributed by atoms with Gasteiger partial charge in [-0.1, -0.05) is 63.2 Å². The topological polar surface area (TPSA) is 25.8 Å². The molecule has 0 aliphatic carbocycles. The maximum Gasteiger partial charge on any atom is 0.125 e. The first-order valence-electron chi connectivity index (χ1n) is 7.29. The van der Waals surface area contributed by atoms with Crippen LogP contribution in [0.1, 0.15) is 32.3 Å². The Balaban J connectivity index is 2.34. The zero-order valence-corrected chi connectivity index (χ0v) is 13.0. The van der Waals surface area contributed by atoms with E-state index in [0.29, 0.717) is 0 Å². The minimum atomic E-state index is -0.0139. The van der Waals surface area contributed by atoms with Gasteiger partial charge in [-0.2, -0.15) is 0 Å². The minimum Gasteiger partial charge on any atom is -0.241 e.